The number of rotatable bonds is 6. The number of hydroxylamine groups is 1. The van der Waals surface area contributed by atoms with Crippen LogP contribution in [0.2, 0.25) is 0 Å². The molecule has 2 saturated heterocycles. The van der Waals surface area contributed by atoms with Crippen molar-refractivity contribution in [3.05, 3.63) is 23.3 Å². The third kappa shape index (κ3) is 4.34. The van der Waals surface area contributed by atoms with Crippen molar-refractivity contribution in [2.45, 2.75) is 58.1 Å². The van der Waals surface area contributed by atoms with E-state index in [0.717, 1.165) is 0 Å². The molecular weight excluding hydrogens is 466 g/mol. The molecule has 0 aromatic heterocycles. The minimum atomic E-state index is -1.78. The van der Waals surface area contributed by atoms with Gasteiger partial charge in [0.15, 0.2) is 0 Å². The summed E-state index contributed by atoms with van der Waals surface area (Å²) in [4.78, 5) is 67.1. The third-order valence-electron chi connectivity index (χ3n) is 5.99. The van der Waals surface area contributed by atoms with Crippen molar-refractivity contribution >= 4 is 35.6 Å². The molecule has 3 aliphatic heterocycles. The zero-order chi connectivity index (χ0) is 25.7. The largest absolute Gasteiger partial charge is 0.461 e. The number of nitrogens with two attached hydrogens (primary N) is 1. The van der Waals surface area contributed by atoms with E-state index in [-0.39, 0.29) is 30.9 Å². The van der Waals surface area contributed by atoms with Crippen molar-refractivity contribution in [2.75, 3.05) is 18.2 Å². The molecule has 13 heteroatoms. The van der Waals surface area contributed by atoms with E-state index in [4.69, 9.17) is 29.5 Å². The number of nitrogens with zero attached hydrogens (tertiary/aromatic N) is 2. The van der Waals surface area contributed by atoms with Crippen LogP contribution in [0.25, 0.3) is 0 Å². The van der Waals surface area contributed by atoms with Crippen LogP contribution in [-0.2, 0) is 44.8 Å². The molecule has 0 spiro atoms. The number of esters is 3. The molecule has 35 heavy (non-hydrogen) atoms. The van der Waals surface area contributed by atoms with Crippen LogP contribution in [0.15, 0.2) is 12.1 Å². The molecule has 3 aliphatic rings. The van der Waals surface area contributed by atoms with E-state index in [9.17, 15) is 24.0 Å². The van der Waals surface area contributed by atoms with Crippen molar-refractivity contribution in [3.8, 4) is 5.75 Å². The molecule has 13 nitrogen and oxygen atoms in total. The number of primary amides is 1. The summed E-state index contributed by atoms with van der Waals surface area (Å²) < 4.78 is 21.4. The van der Waals surface area contributed by atoms with Crippen molar-refractivity contribution in [2.24, 2.45) is 5.73 Å². The Morgan fingerprint density at radius 2 is 1.77 bits per heavy atom. The molecule has 0 aliphatic carbocycles. The second-order valence-electron chi connectivity index (χ2n) is 8.49. The second-order valence-corrected chi connectivity index (χ2v) is 8.49. The third-order valence-corrected chi connectivity index (χ3v) is 5.99. The molecule has 0 radical (unpaired) electrons. The molecule has 188 valence electrons. The Labute approximate surface area is 199 Å². The minimum absolute atomic E-state index is 0.0634. The summed E-state index contributed by atoms with van der Waals surface area (Å²) in [6, 6.07) is 2.11. The van der Waals surface area contributed by atoms with Gasteiger partial charge in [-0.2, -0.15) is 0 Å². The topological polar surface area (TPSA) is 164 Å². The van der Waals surface area contributed by atoms with Crippen LogP contribution in [0.4, 0.5) is 10.5 Å². The molecule has 2 N–H and O–H groups in total. The smallest absolute Gasteiger partial charge is 0.404 e. The zero-order valence-electron chi connectivity index (χ0n) is 19.6. The zero-order valence-corrected chi connectivity index (χ0v) is 19.6. The first kappa shape index (κ1) is 24.3. The van der Waals surface area contributed by atoms with Crippen LogP contribution < -0.4 is 15.5 Å². The highest BCUT2D eigenvalue weighted by molar-refractivity contribution is 5.80. The maximum Gasteiger partial charge on any atom is 0.404 e. The lowest BCUT2D eigenvalue weighted by Gasteiger charge is -2.49. The van der Waals surface area contributed by atoms with Crippen molar-refractivity contribution in [3.63, 3.8) is 0 Å². The first-order valence-electron chi connectivity index (χ1n) is 10.8. The Bertz CT molecular complexity index is 1120. The highest BCUT2D eigenvalue weighted by Gasteiger charge is 2.73. The highest BCUT2D eigenvalue weighted by atomic mass is 16.8. The summed E-state index contributed by atoms with van der Waals surface area (Å²) in [5.41, 5.74) is 6.44. The van der Waals surface area contributed by atoms with Crippen LogP contribution in [0.1, 0.15) is 44.7 Å². The highest BCUT2D eigenvalue weighted by Crippen LogP contribution is 2.58. The Morgan fingerprint density at radius 1 is 1.06 bits per heavy atom. The van der Waals surface area contributed by atoms with Gasteiger partial charge in [-0.15, -0.1) is 0 Å². The molecule has 2 fully saturated rings. The van der Waals surface area contributed by atoms with E-state index < -0.39 is 48.4 Å². The maximum atomic E-state index is 12.3. The quantitative estimate of drug-likeness (QED) is 0.255. The first-order valence-corrected chi connectivity index (χ1v) is 10.8. The summed E-state index contributed by atoms with van der Waals surface area (Å²) >= 11 is 0. The predicted molar refractivity (Wildman–Crippen MR) is 115 cm³/mol. The number of amides is 2. The Kier molecular flexibility index (Phi) is 6.05. The Balaban J connectivity index is 1.91. The monoisotopic (exact) mass is 491 g/mol. The van der Waals surface area contributed by atoms with Gasteiger partial charge in [-0.3, -0.25) is 19.2 Å². The average Bonchev–Trinajstić information content (AvgIpc) is 3.47. The van der Waals surface area contributed by atoms with E-state index in [1.54, 1.807) is 6.07 Å². The summed E-state index contributed by atoms with van der Waals surface area (Å²) in [7, 11) is 0. The number of ether oxygens (including phenoxy) is 4. The standard InChI is InChI=1S/C22H25N3O10/c1-10(26)25-17-7-24-16-5-14(8-31-11(2)27)6-18(33-12(3)28)19(16)15(9-32-21(23)30)22(35-24,20(17)25)34-13(4)29/h5-6,15,17,20H,7-9H2,1-4H3,(H2,23,30). The van der Waals surface area contributed by atoms with Gasteiger partial charge < -0.3 is 29.6 Å². The van der Waals surface area contributed by atoms with Gasteiger partial charge in [0.1, 0.15) is 25.0 Å². The lowest BCUT2D eigenvalue weighted by molar-refractivity contribution is -0.265. The summed E-state index contributed by atoms with van der Waals surface area (Å²) in [6.45, 7) is 4.72. The van der Waals surface area contributed by atoms with Crippen molar-refractivity contribution in [1.82, 2.24) is 4.90 Å². The summed E-state index contributed by atoms with van der Waals surface area (Å²) in [5.74, 6) is -4.87. The predicted octanol–water partition coefficient (Wildman–Crippen LogP) is 0.478. The lowest BCUT2D eigenvalue weighted by atomic mass is 9.82. The van der Waals surface area contributed by atoms with Gasteiger partial charge in [0.05, 0.1) is 24.2 Å². The van der Waals surface area contributed by atoms with Crippen LogP contribution in [0.3, 0.4) is 0 Å². The van der Waals surface area contributed by atoms with E-state index >= 15 is 0 Å². The number of carbonyl (C=O) groups excluding carboxylic acids is 5. The number of benzene rings is 1. The fourth-order valence-electron chi connectivity index (χ4n) is 4.88. The number of hydrogen-bond acceptors (Lipinski definition) is 11. The number of carbonyl (C=O) groups is 5. The molecular formula is C22H25N3O10. The van der Waals surface area contributed by atoms with Crippen molar-refractivity contribution in [1.29, 1.82) is 0 Å². The van der Waals surface area contributed by atoms with E-state index in [2.05, 4.69) is 0 Å². The number of anilines is 1. The van der Waals surface area contributed by atoms with Gasteiger partial charge in [-0.25, -0.2) is 14.7 Å². The first-order chi connectivity index (χ1) is 16.4. The van der Waals surface area contributed by atoms with Crippen LogP contribution in [0.5, 0.6) is 5.75 Å². The SMILES string of the molecule is CC(=O)OCc1cc(OC(C)=O)c2c(c1)N1CC3C(N3C(C)=O)C(OC(C)=O)(O1)C2COC(N)=O. The van der Waals surface area contributed by atoms with Crippen LogP contribution in [0, 0.1) is 0 Å². The maximum absolute atomic E-state index is 12.3. The molecule has 4 unspecified atom stereocenters. The summed E-state index contributed by atoms with van der Waals surface area (Å²) in [6.07, 6.45) is -1.08. The molecule has 4 atom stereocenters. The molecule has 0 saturated carbocycles. The second kappa shape index (κ2) is 8.73. The number of hydrogen-bond donors (Lipinski definition) is 1. The van der Waals surface area contributed by atoms with Gasteiger partial charge in [-0.1, -0.05) is 0 Å². The normalized spacial score (nSPS) is 25.5. The Morgan fingerprint density at radius 3 is 2.34 bits per heavy atom. The fourth-order valence-corrected chi connectivity index (χ4v) is 4.88. The van der Waals surface area contributed by atoms with Gasteiger partial charge in [-0.05, 0) is 17.7 Å². The van der Waals surface area contributed by atoms with Crippen molar-refractivity contribution < 1.29 is 47.8 Å². The van der Waals surface area contributed by atoms with E-state index in [1.165, 1.54) is 43.7 Å². The summed E-state index contributed by atoms with van der Waals surface area (Å²) in [5, 5.41) is 1.44. The lowest BCUT2D eigenvalue weighted by Crippen LogP contribution is -2.61. The minimum Gasteiger partial charge on any atom is -0.461 e. The van der Waals surface area contributed by atoms with Gasteiger partial charge in [0, 0.05) is 33.3 Å². The molecule has 1 aromatic carbocycles. The van der Waals surface area contributed by atoms with Gasteiger partial charge in [0.25, 0.3) is 5.79 Å². The van der Waals surface area contributed by atoms with Gasteiger partial charge >= 0.3 is 24.0 Å². The molecule has 2 bridgehead atoms. The molecule has 1 aromatic rings. The van der Waals surface area contributed by atoms with Gasteiger partial charge in [0.2, 0.25) is 5.91 Å². The average molecular weight is 491 g/mol. The molecule has 4 rings (SSSR count). The number of fused-ring (bicyclic) bond motifs is 6. The Hall–Kier alpha value is -3.87. The molecule has 2 amide bonds. The van der Waals surface area contributed by atoms with Crippen LogP contribution in [-0.4, -0.2) is 65.8 Å². The van der Waals surface area contributed by atoms with E-state index in [0.29, 0.717) is 16.8 Å². The molecule has 3 heterocycles. The fraction of sp³-hybridized carbons (Fsp3) is 0.500. The van der Waals surface area contributed by atoms with Crippen LogP contribution >= 0.6 is 0 Å². The van der Waals surface area contributed by atoms with E-state index in [1.807, 2.05) is 0 Å².